The number of aliphatic hydroxyl groups is 1. The van der Waals surface area contributed by atoms with Crippen LogP contribution in [0, 0.1) is 17.8 Å². The van der Waals surface area contributed by atoms with Crippen LogP contribution in [0.5, 0.6) is 0 Å². The first-order chi connectivity index (χ1) is 6.97. The molecule has 0 saturated carbocycles. The number of rotatable bonds is 3. The predicted molar refractivity (Wildman–Crippen MR) is 64.8 cm³/mol. The molecule has 0 aromatic heterocycles. The first-order valence-electron chi connectivity index (χ1n) is 6.30. The van der Waals surface area contributed by atoms with Crippen LogP contribution in [0.3, 0.4) is 0 Å². The molecule has 0 aromatic rings. The van der Waals surface area contributed by atoms with Crippen molar-refractivity contribution in [3.8, 4) is 0 Å². The summed E-state index contributed by atoms with van der Waals surface area (Å²) in [5.41, 5.74) is 0. The summed E-state index contributed by atoms with van der Waals surface area (Å²) in [6, 6.07) is 1.02. The van der Waals surface area contributed by atoms with Gasteiger partial charge in [0.1, 0.15) is 0 Å². The number of hydrogen-bond acceptors (Lipinski definition) is 2. The summed E-state index contributed by atoms with van der Waals surface area (Å²) in [4.78, 5) is 2.42. The highest BCUT2D eigenvalue weighted by molar-refractivity contribution is 4.90. The van der Waals surface area contributed by atoms with E-state index in [-0.39, 0.29) is 0 Å². The van der Waals surface area contributed by atoms with Gasteiger partial charge < -0.3 is 5.11 Å². The molecule has 0 amide bonds. The molecule has 0 aromatic carbocycles. The van der Waals surface area contributed by atoms with Crippen molar-refractivity contribution in [1.82, 2.24) is 4.90 Å². The third-order valence-electron chi connectivity index (χ3n) is 4.00. The monoisotopic (exact) mass is 213 g/mol. The fraction of sp³-hybridized carbons (Fsp3) is 1.00. The van der Waals surface area contributed by atoms with Gasteiger partial charge in [-0.2, -0.15) is 0 Å². The standard InChI is InChI=1S/C13H27NO/c1-9(2)6-12-10(3)7-11(4)13(8-15)14(12)5/h9-13,15H,6-8H2,1-5H3. The average molecular weight is 213 g/mol. The van der Waals surface area contributed by atoms with Gasteiger partial charge in [0, 0.05) is 12.1 Å². The number of piperidine rings is 1. The van der Waals surface area contributed by atoms with Crippen LogP contribution in [0.25, 0.3) is 0 Å². The molecule has 1 N–H and O–H groups in total. The molecule has 15 heavy (non-hydrogen) atoms. The maximum Gasteiger partial charge on any atom is 0.0589 e. The zero-order valence-electron chi connectivity index (χ0n) is 10.9. The van der Waals surface area contributed by atoms with Gasteiger partial charge in [-0.3, -0.25) is 4.90 Å². The fourth-order valence-electron chi connectivity index (χ4n) is 3.14. The van der Waals surface area contributed by atoms with Gasteiger partial charge in [0.15, 0.2) is 0 Å². The molecule has 1 aliphatic rings. The van der Waals surface area contributed by atoms with Crippen molar-refractivity contribution >= 4 is 0 Å². The molecule has 4 unspecified atom stereocenters. The Morgan fingerprint density at radius 1 is 1.20 bits per heavy atom. The molecule has 2 heteroatoms. The van der Waals surface area contributed by atoms with Gasteiger partial charge in [0.2, 0.25) is 0 Å². The highest BCUT2D eigenvalue weighted by Crippen LogP contribution is 2.33. The molecule has 1 aliphatic heterocycles. The predicted octanol–water partition coefficient (Wildman–Crippen LogP) is 2.37. The molecule has 0 bridgehead atoms. The fourth-order valence-corrected chi connectivity index (χ4v) is 3.14. The van der Waals surface area contributed by atoms with Crippen LogP contribution in [-0.2, 0) is 0 Å². The highest BCUT2D eigenvalue weighted by Gasteiger charge is 2.36. The van der Waals surface area contributed by atoms with E-state index in [1.807, 2.05) is 0 Å². The molecule has 1 fully saturated rings. The second-order valence-electron chi connectivity index (χ2n) is 5.80. The Morgan fingerprint density at radius 3 is 2.20 bits per heavy atom. The van der Waals surface area contributed by atoms with E-state index in [0.29, 0.717) is 24.6 Å². The lowest BCUT2D eigenvalue weighted by Gasteiger charge is -2.47. The maximum atomic E-state index is 9.43. The van der Waals surface area contributed by atoms with E-state index >= 15 is 0 Å². The lowest BCUT2D eigenvalue weighted by molar-refractivity contribution is -0.00559. The van der Waals surface area contributed by atoms with Crippen molar-refractivity contribution < 1.29 is 5.11 Å². The van der Waals surface area contributed by atoms with Crippen molar-refractivity contribution in [2.75, 3.05) is 13.7 Å². The van der Waals surface area contributed by atoms with Crippen LogP contribution in [-0.4, -0.2) is 35.7 Å². The van der Waals surface area contributed by atoms with Crippen LogP contribution in [0.1, 0.15) is 40.5 Å². The number of nitrogens with zero attached hydrogens (tertiary/aromatic N) is 1. The SMILES string of the molecule is CC(C)CC1C(C)CC(C)C(CO)N1C. The van der Waals surface area contributed by atoms with Crippen molar-refractivity contribution in [2.45, 2.75) is 52.6 Å². The largest absolute Gasteiger partial charge is 0.395 e. The van der Waals surface area contributed by atoms with Crippen LogP contribution < -0.4 is 0 Å². The zero-order valence-corrected chi connectivity index (χ0v) is 10.9. The summed E-state index contributed by atoms with van der Waals surface area (Å²) < 4.78 is 0. The van der Waals surface area contributed by atoms with Crippen molar-refractivity contribution in [1.29, 1.82) is 0 Å². The van der Waals surface area contributed by atoms with Crippen LogP contribution >= 0.6 is 0 Å². The second-order valence-corrected chi connectivity index (χ2v) is 5.80. The second kappa shape index (κ2) is 5.31. The van der Waals surface area contributed by atoms with E-state index in [4.69, 9.17) is 0 Å². The summed E-state index contributed by atoms with van der Waals surface area (Å²) in [5, 5.41) is 9.43. The van der Waals surface area contributed by atoms with Gasteiger partial charge in [-0.15, -0.1) is 0 Å². The summed E-state index contributed by atoms with van der Waals surface area (Å²) in [7, 11) is 2.18. The number of likely N-dealkylation sites (N-methyl/N-ethyl adjacent to an activating group) is 1. The normalized spacial score (nSPS) is 38.6. The number of hydrogen-bond donors (Lipinski definition) is 1. The van der Waals surface area contributed by atoms with Gasteiger partial charge in [0.25, 0.3) is 0 Å². The molecule has 1 rings (SSSR count). The molecular weight excluding hydrogens is 186 g/mol. The van der Waals surface area contributed by atoms with E-state index in [1.165, 1.54) is 12.8 Å². The number of likely N-dealkylation sites (tertiary alicyclic amines) is 1. The van der Waals surface area contributed by atoms with E-state index in [1.54, 1.807) is 0 Å². The Labute approximate surface area is 94.7 Å². The molecule has 0 aliphatic carbocycles. The molecule has 1 heterocycles. The summed E-state index contributed by atoms with van der Waals surface area (Å²) in [6.45, 7) is 9.49. The first-order valence-corrected chi connectivity index (χ1v) is 6.30. The average Bonchev–Trinajstić information content (AvgIpc) is 2.12. The van der Waals surface area contributed by atoms with Crippen LogP contribution in [0.2, 0.25) is 0 Å². The zero-order chi connectivity index (χ0) is 11.6. The lowest BCUT2D eigenvalue weighted by atomic mass is 9.78. The van der Waals surface area contributed by atoms with Crippen LogP contribution in [0.15, 0.2) is 0 Å². The summed E-state index contributed by atoms with van der Waals surface area (Å²) in [6.07, 6.45) is 2.51. The van der Waals surface area contributed by atoms with Gasteiger partial charge in [-0.25, -0.2) is 0 Å². The van der Waals surface area contributed by atoms with Gasteiger partial charge >= 0.3 is 0 Å². The van der Waals surface area contributed by atoms with Crippen LogP contribution in [0.4, 0.5) is 0 Å². The quantitative estimate of drug-likeness (QED) is 0.778. The Hall–Kier alpha value is -0.0800. The van der Waals surface area contributed by atoms with E-state index < -0.39 is 0 Å². The highest BCUT2D eigenvalue weighted by atomic mass is 16.3. The molecule has 90 valence electrons. The molecule has 1 saturated heterocycles. The molecule has 4 atom stereocenters. The first kappa shape index (κ1) is 13.0. The van der Waals surface area contributed by atoms with Crippen molar-refractivity contribution in [2.24, 2.45) is 17.8 Å². The Balaban J connectivity index is 2.69. The minimum absolute atomic E-state index is 0.305. The topological polar surface area (TPSA) is 23.5 Å². The smallest absolute Gasteiger partial charge is 0.0589 e. The van der Waals surface area contributed by atoms with Crippen molar-refractivity contribution in [3.63, 3.8) is 0 Å². The third kappa shape index (κ3) is 2.94. The van der Waals surface area contributed by atoms with E-state index in [9.17, 15) is 5.11 Å². The van der Waals surface area contributed by atoms with E-state index in [2.05, 4.69) is 39.6 Å². The molecular formula is C13H27NO. The Morgan fingerprint density at radius 2 is 1.73 bits per heavy atom. The van der Waals surface area contributed by atoms with E-state index in [0.717, 1.165) is 11.8 Å². The molecule has 2 nitrogen and oxygen atoms in total. The third-order valence-corrected chi connectivity index (χ3v) is 4.00. The minimum Gasteiger partial charge on any atom is -0.395 e. The Bertz CT molecular complexity index is 193. The van der Waals surface area contributed by atoms with Gasteiger partial charge in [0.05, 0.1) is 6.61 Å². The van der Waals surface area contributed by atoms with Gasteiger partial charge in [-0.1, -0.05) is 27.7 Å². The summed E-state index contributed by atoms with van der Waals surface area (Å²) in [5.74, 6) is 2.13. The lowest BCUT2D eigenvalue weighted by Crippen LogP contribution is -2.53. The van der Waals surface area contributed by atoms with Crippen molar-refractivity contribution in [3.05, 3.63) is 0 Å². The van der Waals surface area contributed by atoms with Gasteiger partial charge in [-0.05, 0) is 37.6 Å². The Kier molecular flexibility index (Phi) is 4.60. The number of aliphatic hydroxyl groups excluding tert-OH is 1. The molecule has 0 radical (unpaired) electrons. The summed E-state index contributed by atoms with van der Waals surface area (Å²) >= 11 is 0. The molecule has 0 spiro atoms. The maximum absolute atomic E-state index is 9.43. The minimum atomic E-state index is 0.305.